The van der Waals surface area contributed by atoms with Gasteiger partial charge in [0.1, 0.15) is 6.34 Å². The molecule has 0 amide bonds. The maximum atomic E-state index is 3.97. The summed E-state index contributed by atoms with van der Waals surface area (Å²) in [7, 11) is 0. The van der Waals surface area contributed by atoms with Crippen molar-refractivity contribution in [1.82, 2.24) is 0 Å². The van der Waals surface area contributed by atoms with Crippen molar-refractivity contribution in [2.24, 2.45) is 9.98 Å². The van der Waals surface area contributed by atoms with Crippen LogP contribution in [0.4, 0.5) is 0 Å². The Balaban J connectivity index is 0. The van der Waals surface area contributed by atoms with Crippen molar-refractivity contribution in [3.05, 3.63) is 37.1 Å². The Morgan fingerprint density at radius 2 is 1.75 bits per heavy atom. The summed E-state index contributed by atoms with van der Waals surface area (Å²) >= 11 is 0. The molecule has 0 rings (SSSR count). The lowest BCUT2D eigenvalue weighted by atomic mass is 10.2. The zero-order valence-electron chi connectivity index (χ0n) is 7.88. The zero-order valence-corrected chi connectivity index (χ0v) is 7.88. The molecule has 66 valence electrons. The Bertz CT molecular complexity index is 196. The monoisotopic (exact) mass is 164 g/mol. The van der Waals surface area contributed by atoms with E-state index in [4.69, 9.17) is 0 Å². The third kappa shape index (κ3) is 6.68. The van der Waals surface area contributed by atoms with Crippen molar-refractivity contribution in [2.75, 3.05) is 0 Å². The van der Waals surface area contributed by atoms with Crippen molar-refractivity contribution >= 4 is 13.1 Å². The Morgan fingerprint density at radius 3 is 2.00 bits per heavy atom. The van der Waals surface area contributed by atoms with Gasteiger partial charge in [-0.05, 0) is 26.6 Å². The molecule has 0 aromatic heterocycles. The topological polar surface area (TPSA) is 24.7 Å². The second kappa shape index (κ2) is 9.56. The highest BCUT2D eigenvalue weighted by Gasteiger charge is 1.86. The summed E-state index contributed by atoms with van der Waals surface area (Å²) in [4.78, 5) is 7.45. The quantitative estimate of drug-likeness (QED) is 0.265. The van der Waals surface area contributed by atoms with Crippen LogP contribution in [-0.4, -0.2) is 13.1 Å². The van der Waals surface area contributed by atoms with E-state index in [9.17, 15) is 0 Å². The molecule has 0 aliphatic rings. The van der Waals surface area contributed by atoms with Crippen LogP contribution in [0.25, 0.3) is 0 Å². The van der Waals surface area contributed by atoms with E-state index >= 15 is 0 Å². The Hall–Kier alpha value is -1.44. The molecular weight excluding hydrogens is 148 g/mol. The highest BCUT2D eigenvalue weighted by atomic mass is 14.8. The molecule has 0 bridgehead atoms. The molecule has 0 aliphatic heterocycles. The van der Waals surface area contributed by atoms with Crippen LogP contribution in [0.3, 0.4) is 0 Å². The summed E-state index contributed by atoms with van der Waals surface area (Å²) in [6.45, 7) is 16.8. The van der Waals surface area contributed by atoms with Crippen LogP contribution in [0.15, 0.2) is 47.1 Å². The van der Waals surface area contributed by atoms with Gasteiger partial charge in [-0.25, -0.2) is 4.99 Å². The van der Waals surface area contributed by atoms with Crippen LogP contribution in [-0.2, 0) is 0 Å². The number of allylic oxidation sites excluding steroid dienone is 2. The van der Waals surface area contributed by atoms with Crippen molar-refractivity contribution < 1.29 is 0 Å². The second-order valence-corrected chi connectivity index (χ2v) is 2.02. The molecule has 0 heterocycles. The van der Waals surface area contributed by atoms with Gasteiger partial charge in [0.25, 0.3) is 0 Å². The lowest BCUT2D eigenvalue weighted by Crippen LogP contribution is -1.76. The van der Waals surface area contributed by atoms with E-state index in [-0.39, 0.29) is 0 Å². The average Bonchev–Trinajstić information content (AvgIpc) is 2.09. The molecular formula is C10H16N2. The van der Waals surface area contributed by atoms with Crippen LogP contribution >= 0.6 is 0 Å². The lowest BCUT2D eigenvalue weighted by molar-refractivity contribution is 1.26. The predicted octanol–water partition coefficient (Wildman–Crippen LogP) is 3.00. The fourth-order valence-corrected chi connectivity index (χ4v) is 0.489. The number of rotatable bonds is 3. The lowest BCUT2D eigenvalue weighted by Gasteiger charge is -1.93. The minimum atomic E-state index is 0.854. The van der Waals surface area contributed by atoms with Gasteiger partial charge in [-0.15, -0.1) is 13.2 Å². The number of nitrogens with zero attached hydrogens (tertiary/aromatic N) is 2. The van der Waals surface area contributed by atoms with Crippen molar-refractivity contribution in [3.8, 4) is 0 Å². The maximum Gasteiger partial charge on any atom is 0.115 e. The summed E-state index contributed by atoms with van der Waals surface area (Å²) < 4.78 is 0. The first kappa shape index (κ1) is 13.2. The smallest absolute Gasteiger partial charge is 0.115 e. The van der Waals surface area contributed by atoms with Gasteiger partial charge in [-0.2, -0.15) is 0 Å². The molecule has 0 aromatic carbocycles. The summed E-state index contributed by atoms with van der Waals surface area (Å²) in [5, 5.41) is 0. The Labute approximate surface area is 74.8 Å². The second-order valence-electron chi connectivity index (χ2n) is 2.02. The SMILES string of the molecule is C=C.C=CC(N=CN=C)=C(C)C. The van der Waals surface area contributed by atoms with Crippen LogP contribution in [0.2, 0.25) is 0 Å². The summed E-state index contributed by atoms with van der Waals surface area (Å²) in [6, 6.07) is 0. The molecule has 0 aliphatic carbocycles. The molecule has 0 saturated heterocycles. The number of hydrogen-bond acceptors (Lipinski definition) is 1. The van der Waals surface area contributed by atoms with Crippen LogP contribution in [0.5, 0.6) is 0 Å². The minimum Gasteiger partial charge on any atom is -0.253 e. The molecule has 12 heavy (non-hydrogen) atoms. The van der Waals surface area contributed by atoms with Crippen molar-refractivity contribution in [2.45, 2.75) is 13.8 Å². The van der Waals surface area contributed by atoms with Gasteiger partial charge in [0.15, 0.2) is 0 Å². The Morgan fingerprint density at radius 1 is 1.25 bits per heavy atom. The molecule has 0 N–H and O–H groups in total. The van der Waals surface area contributed by atoms with Crippen LogP contribution in [0, 0.1) is 0 Å². The highest BCUT2D eigenvalue weighted by Crippen LogP contribution is 2.04. The summed E-state index contributed by atoms with van der Waals surface area (Å²) in [5.41, 5.74) is 1.97. The normalized spacial score (nSPS) is 8.17. The minimum absolute atomic E-state index is 0.854. The number of aliphatic imine (C=N–C) groups is 2. The first-order valence-electron chi connectivity index (χ1n) is 3.50. The van der Waals surface area contributed by atoms with Crippen molar-refractivity contribution in [3.63, 3.8) is 0 Å². The third-order valence-electron chi connectivity index (χ3n) is 0.984. The predicted molar refractivity (Wildman–Crippen MR) is 57.9 cm³/mol. The van der Waals surface area contributed by atoms with Gasteiger partial charge >= 0.3 is 0 Å². The van der Waals surface area contributed by atoms with Crippen molar-refractivity contribution in [1.29, 1.82) is 0 Å². The Kier molecular flexibility index (Phi) is 10.5. The highest BCUT2D eigenvalue weighted by molar-refractivity contribution is 5.63. The van der Waals surface area contributed by atoms with Crippen LogP contribution < -0.4 is 0 Å². The number of hydrogen-bond donors (Lipinski definition) is 0. The maximum absolute atomic E-state index is 3.97. The van der Waals surface area contributed by atoms with E-state index in [0.29, 0.717) is 0 Å². The van der Waals surface area contributed by atoms with Gasteiger partial charge in [0.05, 0.1) is 5.70 Å². The van der Waals surface area contributed by atoms with E-state index < -0.39 is 0 Å². The fourth-order valence-electron chi connectivity index (χ4n) is 0.489. The zero-order chi connectivity index (χ0) is 9.98. The fraction of sp³-hybridized carbons (Fsp3) is 0.200. The summed E-state index contributed by atoms with van der Waals surface area (Å²) in [5.74, 6) is 0. The standard InChI is InChI=1S/C8H12N2.C2H4/c1-5-8(7(2)3)10-6-9-4;1-2/h5-6H,1,4H2,2-3H3;1-2H2. The average molecular weight is 164 g/mol. The van der Waals surface area contributed by atoms with E-state index in [1.165, 1.54) is 6.34 Å². The molecule has 0 unspecified atom stereocenters. The molecule has 0 fully saturated rings. The van der Waals surface area contributed by atoms with E-state index in [1.54, 1.807) is 6.08 Å². The molecule has 0 saturated carbocycles. The van der Waals surface area contributed by atoms with Crippen LogP contribution in [0.1, 0.15) is 13.8 Å². The summed E-state index contributed by atoms with van der Waals surface area (Å²) in [6.07, 6.45) is 3.10. The first-order valence-corrected chi connectivity index (χ1v) is 3.50. The molecule has 2 nitrogen and oxygen atoms in total. The molecule has 2 heteroatoms. The van der Waals surface area contributed by atoms with Gasteiger partial charge in [0, 0.05) is 0 Å². The van der Waals surface area contributed by atoms with E-state index in [1.807, 2.05) is 13.8 Å². The van der Waals surface area contributed by atoms with Gasteiger partial charge in [-0.1, -0.05) is 12.2 Å². The molecule has 0 radical (unpaired) electrons. The first-order chi connectivity index (χ1) is 5.72. The van der Waals surface area contributed by atoms with Gasteiger partial charge in [-0.3, -0.25) is 4.99 Å². The van der Waals surface area contributed by atoms with E-state index in [0.717, 1.165) is 11.3 Å². The van der Waals surface area contributed by atoms with Gasteiger partial charge in [0.2, 0.25) is 0 Å². The molecule has 0 atom stereocenters. The third-order valence-corrected chi connectivity index (χ3v) is 0.984. The largest absolute Gasteiger partial charge is 0.253 e. The molecule has 0 aromatic rings. The molecule has 0 spiro atoms. The van der Waals surface area contributed by atoms with Gasteiger partial charge < -0.3 is 0 Å². The van der Waals surface area contributed by atoms with E-state index in [2.05, 4.69) is 36.4 Å².